The third-order valence-electron chi connectivity index (χ3n) is 12.2. The van der Waals surface area contributed by atoms with Gasteiger partial charge in [-0.25, -0.2) is 0 Å². The molecular formula is C50H96O10. The van der Waals surface area contributed by atoms with Crippen molar-refractivity contribution in [2.45, 2.75) is 288 Å². The number of ether oxygens (including phenoxy) is 4. The van der Waals surface area contributed by atoms with Crippen LogP contribution in [-0.2, 0) is 28.5 Å². The molecule has 4 N–H and O–H groups in total. The van der Waals surface area contributed by atoms with Crippen LogP contribution in [0.4, 0.5) is 0 Å². The van der Waals surface area contributed by atoms with Crippen molar-refractivity contribution < 1.29 is 49.0 Å². The van der Waals surface area contributed by atoms with Crippen molar-refractivity contribution in [2.75, 3.05) is 19.8 Å². The maximum Gasteiger partial charge on any atom is 0.306 e. The maximum absolute atomic E-state index is 12.8. The Balaban J connectivity index is 2.24. The van der Waals surface area contributed by atoms with E-state index in [4.69, 9.17) is 18.9 Å². The summed E-state index contributed by atoms with van der Waals surface area (Å²) in [4.78, 5) is 25.4. The van der Waals surface area contributed by atoms with Gasteiger partial charge in [0.25, 0.3) is 0 Å². The lowest BCUT2D eigenvalue weighted by Gasteiger charge is -2.39. The van der Waals surface area contributed by atoms with Gasteiger partial charge in [-0.2, -0.15) is 0 Å². The van der Waals surface area contributed by atoms with Crippen LogP contribution in [0.15, 0.2) is 0 Å². The van der Waals surface area contributed by atoms with Gasteiger partial charge in [-0.15, -0.1) is 0 Å². The number of aliphatic hydroxyl groups excluding tert-OH is 4. The number of carbonyl (C=O) groups is 2. The first kappa shape index (κ1) is 56.7. The minimum absolute atomic E-state index is 0.208. The van der Waals surface area contributed by atoms with Crippen LogP contribution in [0.25, 0.3) is 0 Å². The lowest BCUT2D eigenvalue weighted by Crippen LogP contribution is -2.59. The predicted molar refractivity (Wildman–Crippen MR) is 243 cm³/mol. The van der Waals surface area contributed by atoms with Gasteiger partial charge in [0.1, 0.15) is 31.0 Å². The third kappa shape index (κ3) is 32.4. The first-order valence-electron chi connectivity index (χ1n) is 25.6. The maximum atomic E-state index is 12.8. The highest BCUT2D eigenvalue weighted by Crippen LogP contribution is 2.23. The summed E-state index contributed by atoms with van der Waals surface area (Å²) in [6, 6.07) is 0. The van der Waals surface area contributed by atoms with E-state index in [0.717, 1.165) is 38.5 Å². The Morgan fingerprint density at radius 3 is 1.13 bits per heavy atom. The van der Waals surface area contributed by atoms with E-state index < -0.39 is 49.4 Å². The van der Waals surface area contributed by atoms with Crippen molar-refractivity contribution in [1.82, 2.24) is 0 Å². The molecule has 0 saturated carbocycles. The lowest BCUT2D eigenvalue weighted by atomic mass is 9.99. The number of rotatable bonds is 44. The molecule has 6 atom stereocenters. The van der Waals surface area contributed by atoms with E-state index in [-0.39, 0.29) is 32.0 Å². The molecule has 1 aliphatic rings. The molecule has 0 aromatic carbocycles. The Labute approximate surface area is 368 Å². The Kier molecular flexibility index (Phi) is 39.4. The zero-order valence-electron chi connectivity index (χ0n) is 39.0. The van der Waals surface area contributed by atoms with Gasteiger partial charge in [-0.1, -0.05) is 226 Å². The highest BCUT2D eigenvalue weighted by Gasteiger charge is 2.44. The fraction of sp³-hybridized carbons (Fsp3) is 0.960. The van der Waals surface area contributed by atoms with Crippen molar-refractivity contribution in [2.24, 2.45) is 0 Å². The summed E-state index contributed by atoms with van der Waals surface area (Å²) in [5, 5.41) is 40.2. The molecule has 0 aliphatic carbocycles. The molecule has 0 aromatic heterocycles. The van der Waals surface area contributed by atoms with E-state index >= 15 is 0 Å². The zero-order valence-corrected chi connectivity index (χ0v) is 39.0. The molecule has 1 saturated heterocycles. The monoisotopic (exact) mass is 857 g/mol. The SMILES string of the molecule is CCCCCCCCCCCCCCCCCCCCCC(=O)OC[C@@H](CO[C@H]1O[C@@H](CO)[C@@H](O)C(O)C1O)OC(=O)CCCCCCCCCCCCCCCCCC. The van der Waals surface area contributed by atoms with Crippen molar-refractivity contribution >= 4 is 11.9 Å². The third-order valence-corrected chi connectivity index (χ3v) is 12.2. The summed E-state index contributed by atoms with van der Waals surface area (Å²) in [7, 11) is 0. The van der Waals surface area contributed by atoms with Crippen molar-refractivity contribution in [3.05, 3.63) is 0 Å². The molecule has 60 heavy (non-hydrogen) atoms. The number of hydrogen-bond acceptors (Lipinski definition) is 10. The Morgan fingerprint density at radius 1 is 0.450 bits per heavy atom. The minimum atomic E-state index is -1.59. The molecule has 2 unspecified atom stereocenters. The number of esters is 2. The van der Waals surface area contributed by atoms with Crippen LogP contribution in [0.3, 0.4) is 0 Å². The molecular weight excluding hydrogens is 761 g/mol. The summed E-state index contributed by atoms with van der Waals surface area (Å²) in [5.74, 6) is -0.786. The second-order valence-corrected chi connectivity index (χ2v) is 18.0. The molecule has 10 heteroatoms. The number of carbonyl (C=O) groups excluding carboxylic acids is 2. The van der Waals surface area contributed by atoms with E-state index in [0.29, 0.717) is 6.42 Å². The van der Waals surface area contributed by atoms with Crippen molar-refractivity contribution in [3.8, 4) is 0 Å². The number of hydrogen-bond donors (Lipinski definition) is 4. The first-order valence-corrected chi connectivity index (χ1v) is 25.6. The average molecular weight is 857 g/mol. The number of unbranched alkanes of at least 4 members (excludes halogenated alkanes) is 33. The average Bonchev–Trinajstić information content (AvgIpc) is 3.25. The molecule has 1 rings (SSSR count). The predicted octanol–water partition coefficient (Wildman–Crippen LogP) is 11.7. The van der Waals surface area contributed by atoms with Gasteiger partial charge in [-0.05, 0) is 12.8 Å². The standard InChI is InChI=1S/C50H96O10/c1-3-5-7-9-11-13-15-17-19-21-22-23-25-26-28-30-32-34-36-38-45(52)57-41-43(42-58-50-49(56)48(55)47(54)44(40-51)60-50)59-46(53)39-37-35-33-31-29-27-24-20-18-16-14-12-10-8-6-4-2/h43-44,47-51,54-56H,3-42H2,1-2H3/t43-,44-,47+,48?,49?,50-/m0/s1. The van der Waals surface area contributed by atoms with E-state index in [1.54, 1.807) is 0 Å². The lowest BCUT2D eigenvalue weighted by molar-refractivity contribution is -0.305. The molecule has 1 fully saturated rings. The van der Waals surface area contributed by atoms with Gasteiger partial charge < -0.3 is 39.4 Å². The highest BCUT2D eigenvalue weighted by atomic mass is 16.7. The summed E-state index contributed by atoms with van der Waals surface area (Å²) < 4.78 is 22.3. The van der Waals surface area contributed by atoms with E-state index in [9.17, 15) is 30.0 Å². The zero-order chi connectivity index (χ0) is 43.7. The van der Waals surface area contributed by atoms with Crippen LogP contribution in [-0.4, -0.2) is 89.0 Å². The van der Waals surface area contributed by atoms with E-state index in [1.165, 1.54) is 180 Å². The highest BCUT2D eigenvalue weighted by molar-refractivity contribution is 5.70. The van der Waals surface area contributed by atoms with E-state index in [2.05, 4.69) is 13.8 Å². The van der Waals surface area contributed by atoms with Gasteiger partial charge in [0.2, 0.25) is 0 Å². The van der Waals surface area contributed by atoms with Crippen LogP contribution in [0.2, 0.25) is 0 Å². The second-order valence-electron chi connectivity index (χ2n) is 18.0. The quantitative estimate of drug-likeness (QED) is 0.0344. The second kappa shape index (κ2) is 41.7. The Morgan fingerprint density at radius 2 is 0.783 bits per heavy atom. The molecule has 0 aromatic rings. The molecule has 356 valence electrons. The summed E-state index contributed by atoms with van der Waals surface area (Å²) >= 11 is 0. The molecule has 0 spiro atoms. The van der Waals surface area contributed by atoms with Gasteiger partial charge in [0, 0.05) is 12.8 Å². The molecule has 1 heterocycles. The van der Waals surface area contributed by atoms with Crippen LogP contribution < -0.4 is 0 Å². The van der Waals surface area contributed by atoms with Crippen LogP contribution in [0.5, 0.6) is 0 Å². The van der Waals surface area contributed by atoms with E-state index in [1.807, 2.05) is 0 Å². The topological polar surface area (TPSA) is 152 Å². The molecule has 0 radical (unpaired) electrons. The largest absolute Gasteiger partial charge is 0.462 e. The first-order chi connectivity index (χ1) is 29.3. The summed E-state index contributed by atoms with van der Waals surface area (Å²) in [6.45, 7) is 3.48. The van der Waals surface area contributed by atoms with Crippen LogP contribution >= 0.6 is 0 Å². The fourth-order valence-corrected chi connectivity index (χ4v) is 8.19. The molecule has 0 bridgehead atoms. The summed E-state index contributed by atoms with van der Waals surface area (Å²) in [6.07, 6.45) is 36.8. The smallest absolute Gasteiger partial charge is 0.306 e. The van der Waals surface area contributed by atoms with Gasteiger partial charge in [-0.3, -0.25) is 9.59 Å². The Bertz CT molecular complexity index is 948. The van der Waals surface area contributed by atoms with Crippen LogP contribution in [0, 0.1) is 0 Å². The van der Waals surface area contributed by atoms with Gasteiger partial charge in [0.15, 0.2) is 12.4 Å². The summed E-state index contributed by atoms with van der Waals surface area (Å²) in [5.41, 5.74) is 0. The van der Waals surface area contributed by atoms with Gasteiger partial charge >= 0.3 is 11.9 Å². The molecule has 1 aliphatic heterocycles. The molecule has 0 amide bonds. The normalized spacial score (nSPS) is 19.7. The van der Waals surface area contributed by atoms with Crippen molar-refractivity contribution in [3.63, 3.8) is 0 Å². The number of aliphatic hydroxyl groups is 4. The van der Waals surface area contributed by atoms with Gasteiger partial charge in [0.05, 0.1) is 13.2 Å². The Hall–Kier alpha value is -1.30. The fourth-order valence-electron chi connectivity index (χ4n) is 8.19. The van der Waals surface area contributed by atoms with Crippen LogP contribution in [0.1, 0.15) is 251 Å². The molecule has 10 nitrogen and oxygen atoms in total. The van der Waals surface area contributed by atoms with Crippen molar-refractivity contribution in [1.29, 1.82) is 0 Å². The minimum Gasteiger partial charge on any atom is -0.462 e.